The first-order valence-electron chi connectivity index (χ1n) is 9.70. The van der Waals surface area contributed by atoms with E-state index >= 15 is 0 Å². The number of nitrogens with one attached hydrogen (secondary N) is 1. The van der Waals surface area contributed by atoms with E-state index in [0.717, 1.165) is 11.1 Å². The molecular formula is C22H26FN3O3. The van der Waals surface area contributed by atoms with Crippen molar-refractivity contribution in [3.05, 3.63) is 71.0 Å². The van der Waals surface area contributed by atoms with Gasteiger partial charge in [0, 0.05) is 25.6 Å². The first-order valence-corrected chi connectivity index (χ1v) is 9.70. The topological polar surface area (TPSA) is 95.7 Å². The Morgan fingerprint density at radius 3 is 2.59 bits per heavy atom. The molecule has 0 fully saturated rings. The van der Waals surface area contributed by atoms with Crippen LogP contribution in [0.15, 0.2) is 48.5 Å². The van der Waals surface area contributed by atoms with Gasteiger partial charge in [-0.15, -0.1) is 0 Å². The quantitative estimate of drug-likeness (QED) is 0.651. The third-order valence-corrected chi connectivity index (χ3v) is 5.23. The molecule has 7 heteroatoms. The molecule has 29 heavy (non-hydrogen) atoms. The van der Waals surface area contributed by atoms with Crippen LogP contribution in [0.5, 0.6) is 0 Å². The molecule has 2 amide bonds. The summed E-state index contributed by atoms with van der Waals surface area (Å²) in [4.78, 5) is 26.2. The molecule has 0 aliphatic carbocycles. The number of hydrogen-bond donors (Lipinski definition) is 3. The smallest absolute Gasteiger partial charge is 0.245 e. The molecule has 2 aromatic rings. The van der Waals surface area contributed by atoms with Gasteiger partial charge in [-0.1, -0.05) is 42.5 Å². The van der Waals surface area contributed by atoms with Crippen molar-refractivity contribution in [2.75, 3.05) is 13.2 Å². The fourth-order valence-corrected chi connectivity index (χ4v) is 3.71. The third kappa shape index (κ3) is 5.40. The Hall–Kier alpha value is -2.77. The van der Waals surface area contributed by atoms with E-state index < -0.39 is 18.6 Å². The average molecular weight is 399 g/mol. The fourth-order valence-electron chi connectivity index (χ4n) is 3.71. The van der Waals surface area contributed by atoms with E-state index in [2.05, 4.69) is 5.32 Å². The highest BCUT2D eigenvalue weighted by Gasteiger charge is 2.30. The molecule has 3 rings (SSSR count). The summed E-state index contributed by atoms with van der Waals surface area (Å²) in [5.41, 5.74) is 8.84. The van der Waals surface area contributed by atoms with Crippen LogP contribution < -0.4 is 11.1 Å². The van der Waals surface area contributed by atoms with Gasteiger partial charge < -0.3 is 21.1 Å². The van der Waals surface area contributed by atoms with E-state index in [0.29, 0.717) is 18.5 Å². The highest BCUT2D eigenvalue weighted by Crippen LogP contribution is 2.24. The number of carbonyl (C=O) groups excluding carboxylic acids is 2. The van der Waals surface area contributed by atoms with Crippen molar-refractivity contribution in [1.29, 1.82) is 0 Å². The number of benzene rings is 2. The molecule has 0 saturated heterocycles. The Bertz CT molecular complexity index is 874. The van der Waals surface area contributed by atoms with Gasteiger partial charge in [0.15, 0.2) is 0 Å². The Kier molecular flexibility index (Phi) is 6.95. The van der Waals surface area contributed by atoms with Crippen molar-refractivity contribution in [3.63, 3.8) is 0 Å². The van der Waals surface area contributed by atoms with Crippen molar-refractivity contribution in [2.24, 2.45) is 5.73 Å². The minimum absolute atomic E-state index is 0.0843. The monoisotopic (exact) mass is 399 g/mol. The van der Waals surface area contributed by atoms with Gasteiger partial charge in [-0.05, 0) is 35.6 Å². The minimum Gasteiger partial charge on any atom is -0.387 e. The number of hydrogen-bond acceptors (Lipinski definition) is 4. The number of amides is 2. The lowest BCUT2D eigenvalue weighted by Gasteiger charge is -2.37. The summed E-state index contributed by atoms with van der Waals surface area (Å²) in [7, 11) is 0. The van der Waals surface area contributed by atoms with E-state index in [1.807, 2.05) is 24.3 Å². The number of rotatable bonds is 7. The van der Waals surface area contributed by atoms with Gasteiger partial charge >= 0.3 is 0 Å². The summed E-state index contributed by atoms with van der Waals surface area (Å²) in [6.07, 6.45) is 0.964. The molecular weight excluding hydrogens is 373 g/mol. The number of nitrogens with two attached hydrogens (primary N) is 1. The van der Waals surface area contributed by atoms with Gasteiger partial charge in [0.1, 0.15) is 12.4 Å². The van der Waals surface area contributed by atoms with Gasteiger partial charge in [0.05, 0.1) is 6.04 Å². The van der Waals surface area contributed by atoms with Crippen LogP contribution in [0, 0.1) is 5.82 Å². The standard InChI is InChI=1S/C22H26FN3O3/c23-20-8-4-3-6-16(20)9-18(24)11-22(29)26-13-17-7-2-1-5-15(17)10-19(26)12-25-21(28)14-27/h1-8,18-19,27H,9-14,24H2,(H,25,28)/t18-,19+/m1/s1. The van der Waals surface area contributed by atoms with Crippen LogP contribution in [0.3, 0.4) is 0 Å². The summed E-state index contributed by atoms with van der Waals surface area (Å²) in [5, 5.41) is 11.6. The molecule has 1 aliphatic heterocycles. The van der Waals surface area contributed by atoms with Crippen LogP contribution in [0.4, 0.5) is 4.39 Å². The second-order valence-corrected chi connectivity index (χ2v) is 7.37. The second kappa shape index (κ2) is 9.62. The van der Waals surface area contributed by atoms with Crippen molar-refractivity contribution < 1.29 is 19.1 Å². The van der Waals surface area contributed by atoms with E-state index in [1.54, 1.807) is 23.1 Å². The highest BCUT2D eigenvalue weighted by atomic mass is 19.1. The number of nitrogens with zero attached hydrogens (tertiary/aromatic N) is 1. The summed E-state index contributed by atoms with van der Waals surface area (Å²) in [6.45, 7) is 0.0911. The molecule has 1 heterocycles. The fraction of sp³-hybridized carbons (Fsp3) is 0.364. The molecule has 154 valence electrons. The molecule has 0 bridgehead atoms. The SMILES string of the molecule is N[C@@H](CC(=O)N1Cc2ccccc2C[C@H]1CNC(=O)CO)Cc1ccccc1F. The van der Waals surface area contributed by atoms with Gasteiger partial charge in [0.25, 0.3) is 0 Å². The minimum atomic E-state index is -0.592. The molecule has 6 nitrogen and oxygen atoms in total. The Morgan fingerprint density at radius 1 is 1.17 bits per heavy atom. The van der Waals surface area contributed by atoms with Crippen LogP contribution in [0.2, 0.25) is 0 Å². The van der Waals surface area contributed by atoms with Gasteiger partial charge in [0.2, 0.25) is 11.8 Å². The third-order valence-electron chi connectivity index (χ3n) is 5.23. The van der Waals surface area contributed by atoms with E-state index in [1.165, 1.54) is 6.07 Å². The summed E-state index contributed by atoms with van der Waals surface area (Å²) >= 11 is 0. The van der Waals surface area contributed by atoms with Crippen LogP contribution in [0.25, 0.3) is 0 Å². The molecule has 0 aromatic heterocycles. The summed E-state index contributed by atoms with van der Waals surface area (Å²) < 4.78 is 13.9. The van der Waals surface area contributed by atoms with Crippen molar-refractivity contribution in [3.8, 4) is 0 Å². The molecule has 2 atom stereocenters. The number of aliphatic hydroxyl groups excluding tert-OH is 1. The lowest BCUT2D eigenvalue weighted by molar-refractivity contribution is -0.135. The lowest BCUT2D eigenvalue weighted by atomic mass is 9.93. The Morgan fingerprint density at radius 2 is 1.86 bits per heavy atom. The Balaban J connectivity index is 1.69. The molecule has 0 spiro atoms. The zero-order valence-corrected chi connectivity index (χ0v) is 16.2. The van der Waals surface area contributed by atoms with Crippen LogP contribution >= 0.6 is 0 Å². The number of fused-ring (bicyclic) bond motifs is 1. The molecule has 4 N–H and O–H groups in total. The lowest BCUT2D eigenvalue weighted by Crippen LogP contribution is -2.51. The van der Waals surface area contributed by atoms with E-state index in [-0.39, 0.29) is 37.2 Å². The zero-order chi connectivity index (χ0) is 20.8. The maximum absolute atomic E-state index is 13.9. The highest BCUT2D eigenvalue weighted by molar-refractivity contribution is 5.78. The molecule has 0 radical (unpaired) electrons. The normalized spacial score (nSPS) is 16.8. The van der Waals surface area contributed by atoms with Crippen molar-refractivity contribution in [2.45, 2.75) is 37.9 Å². The van der Waals surface area contributed by atoms with Crippen LogP contribution in [0.1, 0.15) is 23.1 Å². The zero-order valence-electron chi connectivity index (χ0n) is 16.2. The van der Waals surface area contributed by atoms with Crippen LogP contribution in [-0.2, 0) is 29.0 Å². The largest absolute Gasteiger partial charge is 0.387 e. The van der Waals surface area contributed by atoms with Gasteiger partial charge in [-0.25, -0.2) is 4.39 Å². The molecule has 0 saturated carbocycles. The first kappa shape index (κ1) is 21.0. The number of halogens is 1. The second-order valence-electron chi connectivity index (χ2n) is 7.37. The molecule has 2 aromatic carbocycles. The van der Waals surface area contributed by atoms with E-state index in [9.17, 15) is 14.0 Å². The summed E-state index contributed by atoms with van der Waals surface area (Å²) in [6, 6.07) is 13.6. The van der Waals surface area contributed by atoms with Gasteiger partial charge in [-0.2, -0.15) is 0 Å². The van der Waals surface area contributed by atoms with Crippen molar-refractivity contribution in [1.82, 2.24) is 10.2 Å². The van der Waals surface area contributed by atoms with E-state index in [4.69, 9.17) is 10.8 Å². The van der Waals surface area contributed by atoms with Crippen LogP contribution in [-0.4, -0.2) is 47.1 Å². The summed E-state index contributed by atoms with van der Waals surface area (Å²) in [5.74, 6) is -0.939. The van der Waals surface area contributed by atoms with Gasteiger partial charge in [-0.3, -0.25) is 9.59 Å². The Labute approximate surface area is 169 Å². The number of carbonyl (C=O) groups is 2. The maximum atomic E-state index is 13.9. The van der Waals surface area contributed by atoms with Crippen molar-refractivity contribution >= 4 is 11.8 Å². The molecule has 0 unspecified atom stereocenters. The average Bonchev–Trinajstić information content (AvgIpc) is 2.72. The maximum Gasteiger partial charge on any atom is 0.245 e. The predicted molar refractivity (Wildman–Crippen MR) is 107 cm³/mol. The molecule has 1 aliphatic rings. The predicted octanol–water partition coefficient (Wildman–Crippen LogP) is 1.15. The first-order chi connectivity index (χ1) is 14.0. The number of aliphatic hydroxyl groups is 1.